The molecular formula is C8H14N2O2. The molecule has 2 amide bonds. The van der Waals surface area contributed by atoms with E-state index in [9.17, 15) is 9.59 Å². The molecule has 2 N–H and O–H groups in total. The Morgan fingerprint density at radius 1 is 1.33 bits per heavy atom. The quantitative estimate of drug-likeness (QED) is 0.600. The minimum absolute atomic E-state index is 0.0561. The maximum atomic E-state index is 11.0. The first kappa shape index (κ1) is 9.03. The van der Waals surface area contributed by atoms with E-state index >= 15 is 0 Å². The number of hydrogen-bond acceptors (Lipinski definition) is 2. The lowest BCUT2D eigenvalue weighted by Crippen LogP contribution is -2.42. The third-order valence-electron chi connectivity index (χ3n) is 1.75. The van der Waals surface area contributed by atoms with Crippen LogP contribution in [0.5, 0.6) is 0 Å². The van der Waals surface area contributed by atoms with Gasteiger partial charge in [0.2, 0.25) is 11.8 Å². The zero-order valence-corrected chi connectivity index (χ0v) is 7.22. The molecule has 0 bridgehead atoms. The Morgan fingerprint density at radius 3 is 2.50 bits per heavy atom. The fourth-order valence-electron chi connectivity index (χ4n) is 0.868. The molecule has 1 saturated carbocycles. The predicted octanol–water partition coefficient (Wildman–Crippen LogP) is 0.344. The molecule has 4 nitrogen and oxygen atoms in total. The van der Waals surface area contributed by atoms with Crippen LogP contribution in [0.15, 0.2) is 0 Å². The minimum atomic E-state index is -0.119. The number of amides is 2. The lowest BCUT2D eigenvalue weighted by atomic mass is 10.3. The van der Waals surface area contributed by atoms with Gasteiger partial charge in [0.05, 0.1) is 0 Å². The second kappa shape index (κ2) is 4.09. The van der Waals surface area contributed by atoms with Gasteiger partial charge >= 0.3 is 0 Å². The average molecular weight is 170 g/mol. The summed E-state index contributed by atoms with van der Waals surface area (Å²) in [5, 5.41) is 0. The standard InChI is InChI=1S/C8H14N2O2/c1-2-3-7(11)9-10-8(12)6-4-5-6/h6H,2-5H2,1H3,(H,9,11)(H,10,12). The molecule has 0 aromatic heterocycles. The summed E-state index contributed by atoms with van der Waals surface area (Å²) in [6.07, 6.45) is 3.17. The number of carbonyl (C=O) groups is 2. The van der Waals surface area contributed by atoms with E-state index < -0.39 is 0 Å². The van der Waals surface area contributed by atoms with Crippen molar-refractivity contribution < 1.29 is 9.59 Å². The molecule has 0 heterocycles. The van der Waals surface area contributed by atoms with Gasteiger partial charge in [0.15, 0.2) is 0 Å². The van der Waals surface area contributed by atoms with Crippen molar-refractivity contribution in [3.05, 3.63) is 0 Å². The molecule has 1 rings (SSSR count). The second-order valence-corrected chi connectivity index (χ2v) is 3.06. The van der Waals surface area contributed by atoms with E-state index in [2.05, 4.69) is 10.9 Å². The Hall–Kier alpha value is -1.06. The molecule has 0 unspecified atom stereocenters. The highest BCUT2D eigenvalue weighted by atomic mass is 16.2. The van der Waals surface area contributed by atoms with Gasteiger partial charge in [0.1, 0.15) is 0 Å². The van der Waals surface area contributed by atoms with Crippen LogP contribution in [-0.4, -0.2) is 11.8 Å². The number of rotatable bonds is 3. The van der Waals surface area contributed by atoms with Gasteiger partial charge in [-0.25, -0.2) is 0 Å². The number of hydrazine groups is 1. The van der Waals surface area contributed by atoms with Gasteiger partial charge in [0, 0.05) is 12.3 Å². The van der Waals surface area contributed by atoms with Crippen LogP contribution in [0.25, 0.3) is 0 Å². The molecule has 0 spiro atoms. The van der Waals surface area contributed by atoms with Crippen LogP contribution in [0.4, 0.5) is 0 Å². The third kappa shape index (κ3) is 2.90. The zero-order valence-electron chi connectivity index (χ0n) is 7.22. The molecule has 1 fully saturated rings. The number of hydrogen-bond donors (Lipinski definition) is 2. The third-order valence-corrected chi connectivity index (χ3v) is 1.75. The van der Waals surface area contributed by atoms with Crippen molar-refractivity contribution in [3.8, 4) is 0 Å². The largest absolute Gasteiger partial charge is 0.273 e. The molecule has 0 aromatic rings. The molecule has 0 atom stereocenters. The highest BCUT2D eigenvalue weighted by Crippen LogP contribution is 2.28. The molecule has 0 saturated heterocycles. The molecule has 4 heteroatoms. The summed E-state index contributed by atoms with van der Waals surface area (Å²) in [5.74, 6) is -0.0297. The molecule has 0 radical (unpaired) electrons. The first-order valence-corrected chi connectivity index (χ1v) is 4.32. The van der Waals surface area contributed by atoms with Crippen LogP contribution in [0.1, 0.15) is 32.6 Å². The van der Waals surface area contributed by atoms with Gasteiger partial charge in [0.25, 0.3) is 0 Å². The van der Waals surface area contributed by atoms with Crippen LogP contribution in [0.2, 0.25) is 0 Å². The van der Waals surface area contributed by atoms with Crippen molar-refractivity contribution in [2.45, 2.75) is 32.6 Å². The molecule has 0 aliphatic heterocycles. The molecule has 12 heavy (non-hydrogen) atoms. The number of carbonyl (C=O) groups excluding carboxylic acids is 2. The van der Waals surface area contributed by atoms with Crippen LogP contribution in [-0.2, 0) is 9.59 Å². The van der Waals surface area contributed by atoms with Gasteiger partial charge in [-0.15, -0.1) is 0 Å². The van der Waals surface area contributed by atoms with Crippen molar-refractivity contribution in [1.82, 2.24) is 10.9 Å². The lowest BCUT2D eigenvalue weighted by Gasteiger charge is -2.04. The maximum absolute atomic E-state index is 11.0. The second-order valence-electron chi connectivity index (χ2n) is 3.06. The van der Waals surface area contributed by atoms with E-state index in [0.717, 1.165) is 19.3 Å². The van der Waals surface area contributed by atoms with Gasteiger partial charge in [-0.05, 0) is 19.3 Å². The van der Waals surface area contributed by atoms with Crippen LogP contribution >= 0.6 is 0 Å². The monoisotopic (exact) mass is 170 g/mol. The first-order valence-electron chi connectivity index (χ1n) is 4.32. The Bertz CT molecular complexity index is 187. The molecular weight excluding hydrogens is 156 g/mol. The lowest BCUT2D eigenvalue weighted by molar-refractivity contribution is -0.129. The Balaban J connectivity index is 2.07. The average Bonchev–Trinajstić information content (AvgIpc) is 2.83. The first-order chi connectivity index (χ1) is 5.74. The van der Waals surface area contributed by atoms with Gasteiger partial charge < -0.3 is 0 Å². The van der Waals surface area contributed by atoms with E-state index in [-0.39, 0.29) is 17.7 Å². The van der Waals surface area contributed by atoms with Gasteiger partial charge in [-0.3, -0.25) is 20.4 Å². The predicted molar refractivity (Wildman–Crippen MR) is 43.9 cm³/mol. The fraction of sp³-hybridized carbons (Fsp3) is 0.750. The smallest absolute Gasteiger partial charge is 0.241 e. The molecule has 0 aromatic carbocycles. The Morgan fingerprint density at radius 2 is 2.00 bits per heavy atom. The Labute approximate surface area is 71.7 Å². The minimum Gasteiger partial charge on any atom is -0.273 e. The normalized spacial score (nSPS) is 15.4. The molecule has 68 valence electrons. The molecule has 1 aliphatic carbocycles. The molecule has 1 aliphatic rings. The van der Waals surface area contributed by atoms with Crippen molar-refractivity contribution in [1.29, 1.82) is 0 Å². The SMILES string of the molecule is CCCC(=O)NNC(=O)C1CC1. The summed E-state index contributed by atoms with van der Waals surface area (Å²) >= 11 is 0. The van der Waals surface area contributed by atoms with Crippen molar-refractivity contribution in [2.75, 3.05) is 0 Å². The van der Waals surface area contributed by atoms with Gasteiger partial charge in [-0.1, -0.05) is 6.92 Å². The summed E-state index contributed by atoms with van der Waals surface area (Å²) in [4.78, 5) is 21.9. The van der Waals surface area contributed by atoms with Gasteiger partial charge in [-0.2, -0.15) is 0 Å². The summed E-state index contributed by atoms with van der Waals surface area (Å²) in [6.45, 7) is 1.92. The highest BCUT2D eigenvalue weighted by Gasteiger charge is 2.29. The van der Waals surface area contributed by atoms with Crippen LogP contribution in [0.3, 0.4) is 0 Å². The summed E-state index contributed by atoms with van der Waals surface area (Å²) in [7, 11) is 0. The van der Waals surface area contributed by atoms with Crippen molar-refractivity contribution in [3.63, 3.8) is 0 Å². The van der Waals surface area contributed by atoms with E-state index in [0.29, 0.717) is 6.42 Å². The summed E-state index contributed by atoms with van der Waals surface area (Å²) < 4.78 is 0. The van der Waals surface area contributed by atoms with Crippen molar-refractivity contribution >= 4 is 11.8 Å². The van der Waals surface area contributed by atoms with E-state index in [4.69, 9.17) is 0 Å². The zero-order chi connectivity index (χ0) is 8.97. The van der Waals surface area contributed by atoms with Crippen molar-refractivity contribution in [2.24, 2.45) is 5.92 Å². The van der Waals surface area contributed by atoms with Crippen LogP contribution < -0.4 is 10.9 Å². The van der Waals surface area contributed by atoms with E-state index in [1.807, 2.05) is 6.92 Å². The Kier molecular flexibility index (Phi) is 3.08. The summed E-state index contributed by atoms with van der Waals surface area (Å²) in [6, 6.07) is 0. The fourth-order valence-corrected chi connectivity index (χ4v) is 0.868. The van der Waals surface area contributed by atoms with E-state index in [1.54, 1.807) is 0 Å². The van der Waals surface area contributed by atoms with Crippen LogP contribution in [0, 0.1) is 5.92 Å². The topological polar surface area (TPSA) is 58.2 Å². The highest BCUT2D eigenvalue weighted by molar-refractivity contribution is 5.84. The maximum Gasteiger partial charge on any atom is 0.241 e. The van der Waals surface area contributed by atoms with E-state index in [1.165, 1.54) is 0 Å². The number of nitrogens with one attached hydrogen (secondary N) is 2. The summed E-state index contributed by atoms with van der Waals surface area (Å²) in [5.41, 5.74) is 4.76.